The van der Waals surface area contributed by atoms with Crippen LogP contribution < -0.4 is 10.4 Å². The lowest BCUT2D eigenvalue weighted by Gasteiger charge is -2.37. The van der Waals surface area contributed by atoms with E-state index in [2.05, 4.69) is 65.9 Å². The lowest BCUT2D eigenvalue weighted by Crippen LogP contribution is -2.51. The molecule has 0 aromatic heterocycles. The van der Waals surface area contributed by atoms with Crippen LogP contribution in [0.5, 0.6) is 0 Å². The maximum Gasteiger partial charge on any atom is 0.329 e. The molecule has 2 aliphatic rings. The molecule has 2 heterocycles. The topological polar surface area (TPSA) is 136 Å². The van der Waals surface area contributed by atoms with Gasteiger partial charge in [0.1, 0.15) is 0 Å². The summed E-state index contributed by atoms with van der Waals surface area (Å²) < 4.78 is 20.5. The third-order valence-corrected chi connectivity index (χ3v) is 8.76. The van der Waals surface area contributed by atoms with Crippen molar-refractivity contribution in [3.63, 3.8) is 0 Å². The summed E-state index contributed by atoms with van der Waals surface area (Å²) >= 11 is 0. The summed E-state index contributed by atoms with van der Waals surface area (Å²) in [7, 11) is -2.55. The molecule has 14 heteroatoms. The first kappa shape index (κ1) is 44.8. The Labute approximate surface area is 281 Å². The van der Waals surface area contributed by atoms with E-state index in [0.29, 0.717) is 51.9 Å². The van der Waals surface area contributed by atoms with Crippen LogP contribution in [0.4, 0.5) is 0 Å². The molecule has 0 aromatic rings. The largest absolute Gasteiger partial charge is 0.849 e. The smallest absolute Gasteiger partial charge is 0.329 e. The van der Waals surface area contributed by atoms with Gasteiger partial charge >= 0.3 is 11.9 Å². The van der Waals surface area contributed by atoms with E-state index >= 15 is 0 Å². The molecule has 2 saturated heterocycles. The van der Waals surface area contributed by atoms with Crippen LogP contribution in [0.3, 0.4) is 0 Å². The van der Waals surface area contributed by atoms with Gasteiger partial charge in [0.15, 0.2) is 0 Å². The van der Waals surface area contributed by atoms with E-state index in [-0.39, 0.29) is 18.0 Å². The minimum atomic E-state index is -1.33. The minimum absolute atomic E-state index is 0.0915. The average molecular weight is 692 g/mol. The van der Waals surface area contributed by atoms with Gasteiger partial charge in [0, 0.05) is 91.3 Å². The van der Waals surface area contributed by atoms with E-state index in [0.717, 1.165) is 65.4 Å². The van der Waals surface area contributed by atoms with Crippen LogP contribution >= 0.6 is 0 Å². The number of ether oxygens (including phenoxy) is 4. The van der Waals surface area contributed by atoms with Crippen molar-refractivity contribution in [3.8, 4) is 0 Å². The molecule has 2 atom stereocenters. The van der Waals surface area contributed by atoms with Gasteiger partial charge in [-0.1, -0.05) is 52.0 Å². The Hall–Kier alpha value is -1.21. The van der Waals surface area contributed by atoms with E-state index in [1.54, 1.807) is 0 Å². The summed E-state index contributed by atoms with van der Waals surface area (Å²) in [4.78, 5) is 29.0. The van der Waals surface area contributed by atoms with Gasteiger partial charge in [-0.15, -0.1) is 0 Å². The molecular formula is C32H67N4O8Si2-. The van der Waals surface area contributed by atoms with Gasteiger partial charge in [-0.3, -0.25) is 9.69 Å². The fourth-order valence-corrected chi connectivity index (χ4v) is 5.42. The van der Waals surface area contributed by atoms with Crippen molar-refractivity contribution >= 4 is 28.1 Å². The quantitative estimate of drug-likeness (QED) is 0.121. The number of nitrogens with one attached hydrogen (secondary N) is 1. The molecule has 12 nitrogen and oxygen atoms in total. The van der Waals surface area contributed by atoms with Crippen molar-refractivity contribution in [2.24, 2.45) is 0 Å². The number of nitrogens with zero attached hydrogens (tertiary/aromatic N) is 3. The highest BCUT2D eigenvalue weighted by molar-refractivity contribution is 6.76. The monoisotopic (exact) mass is 691 g/mol. The van der Waals surface area contributed by atoms with E-state index in [9.17, 15) is 19.8 Å². The highest BCUT2D eigenvalue weighted by Crippen LogP contribution is 2.06. The fourth-order valence-electron chi connectivity index (χ4n) is 4.25. The van der Waals surface area contributed by atoms with Gasteiger partial charge in [0.05, 0.1) is 47.7 Å². The molecule has 0 spiro atoms. The van der Waals surface area contributed by atoms with Crippen LogP contribution in [0.2, 0.25) is 39.3 Å². The average Bonchev–Trinajstić information content (AvgIpc) is 3.00. The molecule has 272 valence electrons. The van der Waals surface area contributed by atoms with Gasteiger partial charge < -0.3 is 44.3 Å². The normalized spacial score (nSPS) is 17.9. The number of piperazine rings is 2. The van der Waals surface area contributed by atoms with Crippen molar-refractivity contribution < 1.29 is 38.7 Å². The SMILES string of the molecule is C=CC(=O)OC[Si](C)(C)C.CCOCC(O)CN1CCNCC1.CCOCC([O-])CN1CCN(CCC(=O)OC[Si](C)(C)C)CC1. The van der Waals surface area contributed by atoms with Crippen molar-refractivity contribution in [1.29, 1.82) is 0 Å². The van der Waals surface area contributed by atoms with E-state index in [1.807, 2.05) is 13.8 Å². The number of aliphatic hydroxyl groups excluding tert-OH is 1. The molecule has 2 unspecified atom stereocenters. The van der Waals surface area contributed by atoms with Crippen molar-refractivity contribution in [1.82, 2.24) is 20.0 Å². The third kappa shape index (κ3) is 27.9. The van der Waals surface area contributed by atoms with Crippen molar-refractivity contribution in [2.45, 2.75) is 71.8 Å². The molecular weight excluding hydrogens is 625 g/mol. The lowest BCUT2D eigenvalue weighted by molar-refractivity contribution is -0.428. The van der Waals surface area contributed by atoms with Crippen LogP contribution in [0, 0.1) is 0 Å². The number of hydrogen-bond acceptors (Lipinski definition) is 12. The van der Waals surface area contributed by atoms with Gasteiger partial charge in [-0.25, -0.2) is 4.79 Å². The second kappa shape index (κ2) is 25.8. The van der Waals surface area contributed by atoms with Crippen molar-refractivity contribution in [3.05, 3.63) is 12.7 Å². The van der Waals surface area contributed by atoms with Gasteiger partial charge in [-0.2, -0.15) is 0 Å². The van der Waals surface area contributed by atoms with Gasteiger partial charge in [-0.05, 0) is 20.4 Å². The first-order valence-electron chi connectivity index (χ1n) is 16.9. The summed E-state index contributed by atoms with van der Waals surface area (Å²) in [5.41, 5.74) is 0. The highest BCUT2D eigenvalue weighted by Gasteiger charge is 2.20. The van der Waals surface area contributed by atoms with Crippen LogP contribution in [0.25, 0.3) is 0 Å². The molecule has 2 rings (SSSR count). The van der Waals surface area contributed by atoms with E-state index < -0.39 is 22.3 Å². The molecule has 46 heavy (non-hydrogen) atoms. The zero-order chi connectivity index (χ0) is 35.0. The maximum absolute atomic E-state index is 11.8. The number of carbonyl (C=O) groups excluding carboxylic acids is 2. The zero-order valence-electron chi connectivity index (χ0n) is 30.3. The van der Waals surface area contributed by atoms with Gasteiger partial charge in [0.2, 0.25) is 0 Å². The fraction of sp³-hybridized carbons (Fsp3) is 0.875. The number of rotatable bonds is 18. The Bertz CT molecular complexity index is 800. The number of β-amino-alcohol motifs (C(OH)–C–C–N with tert-alkyl or cyclic N) is 1. The number of carbonyl (C=O) groups is 2. The van der Waals surface area contributed by atoms with Crippen LogP contribution in [0.1, 0.15) is 20.3 Å². The molecule has 2 aliphatic heterocycles. The molecule has 0 amide bonds. The number of hydrogen-bond donors (Lipinski definition) is 2. The molecule has 2 fully saturated rings. The Kier molecular flexibility index (Phi) is 25.1. The Morgan fingerprint density at radius 3 is 1.85 bits per heavy atom. The van der Waals surface area contributed by atoms with Crippen LogP contribution in [0.15, 0.2) is 12.7 Å². The van der Waals surface area contributed by atoms with E-state index in [1.165, 1.54) is 6.08 Å². The van der Waals surface area contributed by atoms with E-state index in [4.69, 9.17) is 18.9 Å². The summed E-state index contributed by atoms with van der Waals surface area (Å²) in [6.07, 6.45) is 1.83. The Balaban J connectivity index is 0.000000740. The minimum Gasteiger partial charge on any atom is -0.849 e. The predicted molar refractivity (Wildman–Crippen MR) is 188 cm³/mol. The summed E-state index contributed by atoms with van der Waals surface area (Å²) in [5, 5.41) is 24.6. The first-order chi connectivity index (χ1) is 21.6. The molecule has 0 saturated carbocycles. The highest BCUT2D eigenvalue weighted by atomic mass is 28.3. The summed E-state index contributed by atoms with van der Waals surface area (Å²) in [5.74, 6) is -0.409. The second-order valence-electron chi connectivity index (χ2n) is 14.1. The predicted octanol–water partition coefficient (Wildman–Crippen LogP) is 1.06. The lowest BCUT2D eigenvalue weighted by atomic mass is 10.2. The van der Waals surface area contributed by atoms with Gasteiger partial charge in [0.25, 0.3) is 0 Å². The summed E-state index contributed by atoms with van der Waals surface area (Å²) in [6, 6.07) is 0. The molecule has 2 N–H and O–H groups in total. The molecule has 0 radical (unpaired) electrons. The first-order valence-corrected chi connectivity index (χ1v) is 24.3. The van der Waals surface area contributed by atoms with Crippen LogP contribution in [-0.2, 0) is 28.5 Å². The Morgan fingerprint density at radius 1 is 0.826 bits per heavy atom. The van der Waals surface area contributed by atoms with Crippen LogP contribution in [-0.4, -0.2) is 171 Å². The second-order valence-corrected chi connectivity index (χ2v) is 25.0. The standard InChI is InChI=1S/C16H33N2O4Si.C9H20N2O2.C7H14O2Si/c1-5-21-13-15(19)12-18-10-8-17(9-11-18)7-6-16(20)22-14-23(2,3)4;1-2-13-8-9(12)7-11-5-3-10-4-6-11;1-5-7(8)9-6-10(2,3)4/h15H,5-14H2,1-4H3;9-10,12H,2-8H2,1H3;5H,1,6H2,2-4H3/q-1;;. The molecule has 0 aliphatic carbocycles. The third-order valence-electron chi connectivity index (χ3n) is 6.74. The number of aliphatic hydroxyl groups is 1. The maximum atomic E-state index is 11.8. The van der Waals surface area contributed by atoms with Crippen molar-refractivity contribution in [2.75, 3.05) is 111 Å². The molecule has 0 bridgehead atoms. The number of esters is 2. The molecule has 0 aromatic carbocycles. The Morgan fingerprint density at radius 2 is 1.33 bits per heavy atom. The summed E-state index contributed by atoms with van der Waals surface area (Å²) in [6.45, 7) is 31.9. The zero-order valence-corrected chi connectivity index (χ0v) is 32.3.